The van der Waals surface area contributed by atoms with Gasteiger partial charge in [-0.05, 0) is 55.5 Å². The molecule has 0 saturated carbocycles. The Hall–Kier alpha value is -3.14. The molecule has 1 saturated heterocycles. The van der Waals surface area contributed by atoms with E-state index in [4.69, 9.17) is 30.3 Å². The van der Waals surface area contributed by atoms with Crippen molar-refractivity contribution in [2.24, 2.45) is 0 Å². The Morgan fingerprint density at radius 2 is 1.88 bits per heavy atom. The summed E-state index contributed by atoms with van der Waals surface area (Å²) in [7, 11) is 0. The number of nitrogens with one attached hydrogen (secondary N) is 2. The van der Waals surface area contributed by atoms with E-state index in [2.05, 4.69) is 5.09 Å². The number of halogens is 4. The molecule has 0 spiro atoms. The van der Waals surface area contributed by atoms with Crippen LogP contribution in [-0.2, 0) is 30.6 Å². The molecule has 0 amide bonds. The molecule has 6 atom stereocenters. The Morgan fingerprint density at radius 1 is 1.21 bits per heavy atom. The highest BCUT2D eigenvalue weighted by Crippen LogP contribution is 2.50. The third kappa shape index (κ3) is 7.00. The van der Waals surface area contributed by atoms with Crippen LogP contribution in [-0.4, -0.2) is 63.7 Å². The van der Waals surface area contributed by atoms with Gasteiger partial charge in [0.15, 0.2) is 18.0 Å². The van der Waals surface area contributed by atoms with E-state index in [0.29, 0.717) is 0 Å². The third-order valence-corrected chi connectivity index (χ3v) is 8.93. The van der Waals surface area contributed by atoms with Crippen LogP contribution in [0.1, 0.15) is 27.0 Å². The van der Waals surface area contributed by atoms with E-state index in [1.54, 1.807) is 43.1 Å². The van der Waals surface area contributed by atoms with Crippen LogP contribution >= 0.6 is 6.64 Å². The van der Waals surface area contributed by atoms with Crippen molar-refractivity contribution in [2.45, 2.75) is 63.4 Å². The number of esters is 1. The number of carbonyl (C=O) groups excluding carboxylic acids is 1. The molecule has 2 heterocycles. The predicted molar refractivity (Wildman–Crippen MR) is 150 cm³/mol. The molecule has 0 bridgehead atoms. The van der Waals surface area contributed by atoms with Gasteiger partial charge in [0.2, 0.25) is 5.82 Å². The number of fused-ring (bicyclic) bond motifs is 1. The first kappa shape index (κ1) is 32.8. The number of aliphatic hydroxyl groups excluding tert-OH is 1. The lowest BCUT2D eigenvalue weighted by Gasteiger charge is -2.34. The Labute approximate surface area is 246 Å². The van der Waals surface area contributed by atoms with Gasteiger partial charge in [-0.1, -0.05) is 30.3 Å². The number of rotatable bonds is 11. The SMILES string of the molecule is CC(C)OC(=O)[C@H](C)NP(=S)(OC[C@@]1(C(F)F)O[C@@H](n2cc(F)c(=O)[nH]c2=O)[C@H](F)[C@@H]1O)Oc1ccc2ccccc2c1. The number of aromatic nitrogens is 2. The van der Waals surface area contributed by atoms with Crippen molar-refractivity contribution < 1.29 is 46.0 Å². The molecule has 0 aliphatic carbocycles. The van der Waals surface area contributed by atoms with Crippen LogP contribution < -0.4 is 20.9 Å². The third-order valence-electron chi connectivity index (χ3n) is 6.45. The largest absolute Gasteiger partial charge is 0.462 e. The smallest absolute Gasteiger partial charge is 0.330 e. The molecular weight excluding hydrogens is 621 g/mol. The van der Waals surface area contributed by atoms with Crippen LogP contribution in [0.4, 0.5) is 17.6 Å². The lowest BCUT2D eigenvalue weighted by atomic mass is 9.97. The number of aliphatic hydroxyl groups is 1. The predicted octanol–water partition coefficient (Wildman–Crippen LogP) is 3.31. The molecule has 2 aromatic carbocycles. The topological polar surface area (TPSA) is 141 Å². The Kier molecular flexibility index (Phi) is 9.79. The number of alkyl halides is 3. The zero-order valence-corrected chi connectivity index (χ0v) is 24.6. The summed E-state index contributed by atoms with van der Waals surface area (Å²) in [5, 5.41) is 14.8. The molecule has 0 radical (unpaired) electrons. The van der Waals surface area contributed by atoms with Gasteiger partial charge in [0.05, 0.1) is 18.9 Å². The van der Waals surface area contributed by atoms with E-state index in [1.165, 1.54) is 13.0 Å². The number of hydrogen-bond donors (Lipinski definition) is 3. The van der Waals surface area contributed by atoms with E-state index in [1.807, 2.05) is 12.1 Å². The average molecular weight is 650 g/mol. The van der Waals surface area contributed by atoms with Gasteiger partial charge >= 0.3 is 18.3 Å². The maximum absolute atomic E-state index is 15.2. The van der Waals surface area contributed by atoms with Crippen LogP contribution in [0.25, 0.3) is 10.8 Å². The fourth-order valence-electron chi connectivity index (χ4n) is 4.27. The number of ether oxygens (including phenoxy) is 2. The highest BCUT2D eigenvalue weighted by molar-refractivity contribution is 8.09. The minimum absolute atomic E-state index is 0.134. The molecule has 17 heteroatoms. The van der Waals surface area contributed by atoms with E-state index < -0.39 is 79.0 Å². The zero-order chi connectivity index (χ0) is 31.7. The van der Waals surface area contributed by atoms with Gasteiger partial charge in [0.1, 0.15) is 17.9 Å². The maximum atomic E-state index is 15.2. The van der Waals surface area contributed by atoms with Gasteiger partial charge < -0.3 is 23.6 Å². The first-order valence-electron chi connectivity index (χ1n) is 12.9. The van der Waals surface area contributed by atoms with Gasteiger partial charge in [-0.15, -0.1) is 0 Å². The second-order valence-electron chi connectivity index (χ2n) is 10.0. The molecule has 234 valence electrons. The van der Waals surface area contributed by atoms with Crippen LogP contribution in [0, 0.1) is 5.82 Å². The van der Waals surface area contributed by atoms with Crippen LogP contribution in [0.2, 0.25) is 0 Å². The lowest BCUT2D eigenvalue weighted by molar-refractivity contribution is -0.192. The number of benzene rings is 2. The number of nitrogens with zero attached hydrogens (tertiary/aromatic N) is 1. The molecule has 4 rings (SSSR count). The standard InChI is InChI=1S/C26H28F4N3O8PS/c1-13(2)39-23(36)14(3)32-42(43,41-17-9-8-15-6-4-5-7-16(15)10-17)38-12-26(24(29)30)20(34)19(28)22(40-26)33-11-18(27)21(35)31-25(33)37/h4-11,13-14,19-20,22,24,34H,12H2,1-3H3,(H,32,43)(H,31,35,37)/t14-,19+,20-,22+,26+,42?/m0/s1. The zero-order valence-electron chi connectivity index (χ0n) is 22.9. The molecule has 1 aromatic heterocycles. The lowest BCUT2D eigenvalue weighted by Crippen LogP contribution is -2.52. The maximum Gasteiger partial charge on any atom is 0.330 e. The Bertz CT molecular complexity index is 1660. The normalized spacial score (nSPS) is 24.3. The van der Waals surface area contributed by atoms with Gasteiger partial charge in [0, 0.05) is 0 Å². The fraction of sp³-hybridized carbons (Fsp3) is 0.423. The van der Waals surface area contributed by atoms with Gasteiger partial charge in [0.25, 0.3) is 12.0 Å². The van der Waals surface area contributed by atoms with Crippen molar-refractivity contribution in [3.8, 4) is 5.75 Å². The molecule has 1 unspecified atom stereocenters. The summed E-state index contributed by atoms with van der Waals surface area (Å²) in [4.78, 5) is 37.7. The minimum atomic E-state index is -4.01. The van der Waals surface area contributed by atoms with Crippen molar-refractivity contribution in [1.29, 1.82) is 0 Å². The summed E-state index contributed by atoms with van der Waals surface area (Å²) in [6, 6.07) is 10.9. The average Bonchev–Trinajstić information content (AvgIpc) is 3.19. The van der Waals surface area contributed by atoms with Gasteiger partial charge in [-0.2, -0.15) is 4.39 Å². The van der Waals surface area contributed by atoms with E-state index in [9.17, 15) is 32.7 Å². The van der Waals surface area contributed by atoms with Gasteiger partial charge in [-0.25, -0.2) is 23.1 Å². The highest BCUT2D eigenvalue weighted by atomic mass is 32.5. The molecule has 3 N–H and O–H groups in total. The minimum Gasteiger partial charge on any atom is -0.462 e. The molecule has 3 aromatic rings. The first-order valence-corrected chi connectivity index (χ1v) is 15.5. The molecule has 1 aliphatic heterocycles. The molecule has 1 fully saturated rings. The first-order chi connectivity index (χ1) is 20.2. The van der Waals surface area contributed by atoms with Crippen LogP contribution in [0.5, 0.6) is 5.75 Å². The van der Waals surface area contributed by atoms with Crippen LogP contribution in [0.3, 0.4) is 0 Å². The van der Waals surface area contributed by atoms with Crippen molar-refractivity contribution in [3.63, 3.8) is 0 Å². The summed E-state index contributed by atoms with van der Waals surface area (Å²) >= 11 is 5.56. The molecular formula is C26H28F4N3O8PS. The van der Waals surface area contributed by atoms with E-state index in [-0.39, 0.29) is 16.5 Å². The number of carbonyl (C=O) groups is 1. The summed E-state index contributed by atoms with van der Waals surface area (Å²) < 4.78 is 80.3. The monoisotopic (exact) mass is 649 g/mol. The molecule has 1 aliphatic rings. The quantitative estimate of drug-likeness (QED) is 0.161. The number of aromatic amines is 1. The summed E-state index contributed by atoms with van der Waals surface area (Å²) in [6.07, 6.45) is -11.5. The second kappa shape index (κ2) is 12.8. The highest BCUT2D eigenvalue weighted by Gasteiger charge is 2.62. The van der Waals surface area contributed by atoms with E-state index >= 15 is 4.39 Å². The van der Waals surface area contributed by atoms with Crippen molar-refractivity contribution in [3.05, 3.63) is 75.3 Å². The summed E-state index contributed by atoms with van der Waals surface area (Å²) in [6.45, 7) is -0.723. The van der Waals surface area contributed by atoms with Crippen molar-refractivity contribution in [1.82, 2.24) is 14.6 Å². The second-order valence-corrected chi connectivity index (χ2v) is 13.1. The Morgan fingerprint density at radius 3 is 2.53 bits per heavy atom. The van der Waals surface area contributed by atoms with Gasteiger partial charge in [-0.3, -0.25) is 19.1 Å². The number of hydrogen-bond acceptors (Lipinski definition) is 9. The molecule has 11 nitrogen and oxygen atoms in total. The molecule has 43 heavy (non-hydrogen) atoms. The van der Waals surface area contributed by atoms with Crippen molar-refractivity contribution in [2.75, 3.05) is 6.61 Å². The van der Waals surface area contributed by atoms with Crippen LogP contribution in [0.15, 0.2) is 58.3 Å². The fourth-order valence-corrected chi connectivity index (χ4v) is 6.68. The van der Waals surface area contributed by atoms with Crippen molar-refractivity contribution >= 4 is 35.2 Å². The summed E-state index contributed by atoms with van der Waals surface area (Å²) in [5.74, 6) is -2.16. The number of H-pyrrole nitrogens is 1. The summed E-state index contributed by atoms with van der Waals surface area (Å²) in [5.41, 5.74) is -5.95. The Balaban J connectivity index is 1.66. The van der Waals surface area contributed by atoms with E-state index in [0.717, 1.165) is 10.8 Å².